The summed E-state index contributed by atoms with van der Waals surface area (Å²) in [6.07, 6.45) is 0. The number of nitrogen functional groups attached to an aromatic ring is 1. The normalized spacial score (nSPS) is 10.8. The van der Waals surface area contributed by atoms with Gasteiger partial charge >= 0.3 is 0 Å². The molecule has 0 saturated carbocycles. The summed E-state index contributed by atoms with van der Waals surface area (Å²) in [6, 6.07) is 5.30. The monoisotopic (exact) mass is 197 g/mol. The number of rotatable bonds is 0. The highest BCUT2D eigenvalue weighted by molar-refractivity contribution is 7.80. The van der Waals surface area contributed by atoms with Crippen molar-refractivity contribution in [2.75, 3.05) is 5.73 Å². The summed E-state index contributed by atoms with van der Waals surface area (Å²) in [5, 5.41) is 10.5. The first-order valence-electron chi connectivity index (χ1n) is 3.38. The zero-order chi connectivity index (χ0) is 8.72. The zero-order valence-corrected chi connectivity index (χ0v) is 7.82. The van der Waals surface area contributed by atoms with E-state index in [1.165, 1.54) is 11.3 Å². The number of fused-ring (bicyclic) bond motifs is 1. The third kappa shape index (κ3) is 1.13. The summed E-state index contributed by atoms with van der Waals surface area (Å²) in [4.78, 5) is 0.807. The average Bonchev–Trinajstić information content (AvgIpc) is 2.29. The summed E-state index contributed by atoms with van der Waals surface area (Å²) in [5.74, 6) is 0. The molecule has 2 aromatic rings. The Morgan fingerprint density at radius 3 is 2.83 bits per heavy atom. The maximum Gasteiger partial charge on any atom is 0.172 e. The van der Waals surface area contributed by atoms with Crippen LogP contribution in [0.15, 0.2) is 23.1 Å². The van der Waals surface area contributed by atoms with Gasteiger partial charge < -0.3 is 10.8 Å². The lowest BCUT2D eigenvalue weighted by Crippen LogP contribution is -1.82. The number of anilines is 1. The molecule has 0 amide bonds. The van der Waals surface area contributed by atoms with E-state index in [0.717, 1.165) is 15.0 Å². The van der Waals surface area contributed by atoms with Crippen LogP contribution in [0.25, 0.3) is 10.1 Å². The molecule has 1 aromatic carbocycles. The second-order valence-corrected chi connectivity index (χ2v) is 4.08. The fraction of sp³-hybridized carbons (Fsp3) is 0. The Kier molecular flexibility index (Phi) is 1.66. The molecule has 0 aliphatic rings. The predicted molar refractivity (Wildman–Crippen MR) is 55.2 cm³/mol. The van der Waals surface area contributed by atoms with Crippen LogP contribution in [-0.2, 0) is 0 Å². The predicted octanol–water partition coefficient (Wildman–Crippen LogP) is 2.48. The number of benzene rings is 1. The SMILES string of the molecule is Nc1cc(S)c2cc(O)sc2c1. The van der Waals surface area contributed by atoms with E-state index in [1.807, 2.05) is 6.07 Å². The molecule has 0 unspecified atom stereocenters. The van der Waals surface area contributed by atoms with Crippen LogP contribution in [0.1, 0.15) is 0 Å². The Labute approximate surface area is 79.0 Å². The Balaban J connectivity index is 2.88. The van der Waals surface area contributed by atoms with Crippen LogP contribution in [0.2, 0.25) is 0 Å². The summed E-state index contributed by atoms with van der Waals surface area (Å²) in [5.41, 5.74) is 6.29. The van der Waals surface area contributed by atoms with E-state index in [1.54, 1.807) is 12.1 Å². The highest BCUT2D eigenvalue weighted by Gasteiger charge is 2.03. The molecule has 3 N–H and O–H groups in total. The van der Waals surface area contributed by atoms with Crippen molar-refractivity contribution in [3.05, 3.63) is 18.2 Å². The van der Waals surface area contributed by atoms with Gasteiger partial charge in [-0.3, -0.25) is 0 Å². The fourth-order valence-electron chi connectivity index (χ4n) is 1.13. The van der Waals surface area contributed by atoms with E-state index < -0.39 is 0 Å². The molecule has 0 saturated heterocycles. The van der Waals surface area contributed by atoms with E-state index in [0.29, 0.717) is 10.8 Å². The molecular formula is C8H7NOS2. The maximum absolute atomic E-state index is 9.22. The molecule has 0 bridgehead atoms. The van der Waals surface area contributed by atoms with Gasteiger partial charge in [-0.05, 0) is 12.1 Å². The second-order valence-electron chi connectivity index (χ2n) is 2.54. The first-order chi connectivity index (χ1) is 5.66. The van der Waals surface area contributed by atoms with Crippen LogP contribution < -0.4 is 5.73 Å². The second kappa shape index (κ2) is 2.57. The van der Waals surface area contributed by atoms with E-state index in [9.17, 15) is 5.11 Å². The minimum atomic E-state index is 0.297. The van der Waals surface area contributed by atoms with Crippen LogP contribution in [0.3, 0.4) is 0 Å². The number of hydrogen-bond donors (Lipinski definition) is 3. The van der Waals surface area contributed by atoms with Gasteiger partial charge in [-0.15, -0.1) is 12.6 Å². The van der Waals surface area contributed by atoms with Crippen molar-refractivity contribution >= 4 is 39.7 Å². The number of thiophene rings is 1. The third-order valence-electron chi connectivity index (χ3n) is 1.62. The van der Waals surface area contributed by atoms with Gasteiger partial charge in [-0.25, -0.2) is 0 Å². The maximum atomic E-state index is 9.22. The minimum Gasteiger partial charge on any atom is -0.499 e. The largest absolute Gasteiger partial charge is 0.499 e. The summed E-state index contributed by atoms with van der Waals surface area (Å²) < 4.78 is 0.970. The van der Waals surface area contributed by atoms with Gasteiger partial charge in [0, 0.05) is 26.7 Å². The quantitative estimate of drug-likeness (QED) is 0.449. The molecule has 0 atom stereocenters. The van der Waals surface area contributed by atoms with Crippen molar-refractivity contribution in [2.45, 2.75) is 4.90 Å². The van der Waals surface area contributed by atoms with Crippen LogP contribution in [0.5, 0.6) is 5.06 Å². The lowest BCUT2D eigenvalue weighted by molar-refractivity contribution is 0.491. The van der Waals surface area contributed by atoms with Crippen molar-refractivity contribution in [3.8, 4) is 5.06 Å². The summed E-state index contributed by atoms with van der Waals surface area (Å²) >= 11 is 5.56. The zero-order valence-electron chi connectivity index (χ0n) is 6.11. The van der Waals surface area contributed by atoms with Gasteiger partial charge in [0.05, 0.1) is 0 Å². The summed E-state index contributed by atoms with van der Waals surface area (Å²) in [7, 11) is 0. The van der Waals surface area contributed by atoms with Crippen LogP contribution >= 0.6 is 24.0 Å². The third-order valence-corrected chi connectivity index (χ3v) is 2.88. The first-order valence-corrected chi connectivity index (χ1v) is 4.64. The fourth-order valence-corrected chi connectivity index (χ4v) is 2.41. The highest BCUT2D eigenvalue weighted by atomic mass is 32.1. The Bertz CT molecular complexity index is 436. The molecule has 2 rings (SSSR count). The van der Waals surface area contributed by atoms with Crippen LogP contribution in [0.4, 0.5) is 5.69 Å². The minimum absolute atomic E-state index is 0.297. The topological polar surface area (TPSA) is 46.2 Å². The molecule has 0 fully saturated rings. The lowest BCUT2D eigenvalue weighted by atomic mass is 10.2. The van der Waals surface area contributed by atoms with Gasteiger partial charge in [-0.2, -0.15) is 0 Å². The summed E-state index contributed by atoms with van der Waals surface area (Å²) in [6.45, 7) is 0. The lowest BCUT2D eigenvalue weighted by Gasteiger charge is -1.96. The van der Waals surface area contributed by atoms with E-state index in [4.69, 9.17) is 5.73 Å². The number of thiol groups is 1. The molecule has 1 aromatic heterocycles. The average molecular weight is 197 g/mol. The smallest absolute Gasteiger partial charge is 0.172 e. The molecule has 0 aliphatic heterocycles. The highest BCUT2D eigenvalue weighted by Crippen LogP contribution is 2.35. The van der Waals surface area contributed by atoms with Gasteiger partial charge in [0.1, 0.15) is 0 Å². The van der Waals surface area contributed by atoms with Gasteiger partial charge in [0.15, 0.2) is 5.06 Å². The number of nitrogens with two attached hydrogens (primary N) is 1. The first kappa shape index (κ1) is 7.76. The van der Waals surface area contributed by atoms with Gasteiger partial charge in [-0.1, -0.05) is 11.3 Å². The number of aromatic hydroxyl groups is 1. The van der Waals surface area contributed by atoms with Crippen LogP contribution in [-0.4, -0.2) is 5.11 Å². The molecule has 0 aliphatic carbocycles. The van der Waals surface area contributed by atoms with Crippen molar-refractivity contribution in [1.82, 2.24) is 0 Å². The van der Waals surface area contributed by atoms with E-state index in [2.05, 4.69) is 12.6 Å². The molecule has 1 heterocycles. The van der Waals surface area contributed by atoms with E-state index >= 15 is 0 Å². The Morgan fingerprint density at radius 1 is 1.33 bits per heavy atom. The molecule has 12 heavy (non-hydrogen) atoms. The molecule has 0 radical (unpaired) electrons. The molecule has 2 nitrogen and oxygen atoms in total. The van der Waals surface area contributed by atoms with Gasteiger partial charge in [0.2, 0.25) is 0 Å². The molecule has 4 heteroatoms. The van der Waals surface area contributed by atoms with Crippen LogP contribution in [0, 0.1) is 0 Å². The molecular weight excluding hydrogens is 190 g/mol. The molecule has 0 spiro atoms. The Morgan fingerprint density at radius 2 is 2.08 bits per heavy atom. The van der Waals surface area contributed by atoms with Crippen molar-refractivity contribution in [2.24, 2.45) is 0 Å². The van der Waals surface area contributed by atoms with E-state index in [-0.39, 0.29) is 0 Å². The van der Waals surface area contributed by atoms with Crippen molar-refractivity contribution in [1.29, 1.82) is 0 Å². The van der Waals surface area contributed by atoms with Crippen molar-refractivity contribution in [3.63, 3.8) is 0 Å². The standard InChI is InChI=1S/C8H7NOS2/c9-4-1-6(11)5-3-8(10)12-7(5)2-4/h1-3,10-11H,9H2. The Hall–Kier alpha value is -0.870. The molecule has 62 valence electrons. The van der Waals surface area contributed by atoms with Crippen molar-refractivity contribution < 1.29 is 5.11 Å². The van der Waals surface area contributed by atoms with Gasteiger partial charge in [0.25, 0.3) is 0 Å². The number of hydrogen-bond acceptors (Lipinski definition) is 4.